The van der Waals surface area contributed by atoms with Crippen LogP contribution < -0.4 is 11.1 Å². The first-order chi connectivity index (χ1) is 8.04. The SMILES string of the molecule is CN(CCCN)C(=O)Nc1ccc(F)cc1F. The summed E-state index contributed by atoms with van der Waals surface area (Å²) < 4.78 is 25.9. The van der Waals surface area contributed by atoms with Crippen LogP contribution in [-0.4, -0.2) is 31.1 Å². The Labute approximate surface area is 98.4 Å². The summed E-state index contributed by atoms with van der Waals surface area (Å²) in [5, 5.41) is 2.35. The maximum absolute atomic E-state index is 13.2. The van der Waals surface area contributed by atoms with E-state index in [9.17, 15) is 13.6 Å². The molecule has 0 aliphatic carbocycles. The maximum atomic E-state index is 13.2. The highest BCUT2D eigenvalue weighted by Gasteiger charge is 2.11. The Balaban J connectivity index is 2.61. The Morgan fingerprint density at radius 2 is 2.18 bits per heavy atom. The lowest BCUT2D eigenvalue weighted by Crippen LogP contribution is -2.33. The highest BCUT2D eigenvalue weighted by Crippen LogP contribution is 2.15. The van der Waals surface area contributed by atoms with Crippen LogP contribution in [0.3, 0.4) is 0 Å². The summed E-state index contributed by atoms with van der Waals surface area (Å²) in [5.41, 5.74) is 5.26. The zero-order valence-electron chi connectivity index (χ0n) is 9.54. The molecule has 17 heavy (non-hydrogen) atoms. The number of benzene rings is 1. The number of halogens is 2. The zero-order valence-corrected chi connectivity index (χ0v) is 9.54. The molecule has 1 aromatic carbocycles. The number of carbonyl (C=O) groups excluding carboxylic acids is 1. The minimum atomic E-state index is -0.800. The fourth-order valence-corrected chi connectivity index (χ4v) is 1.23. The van der Waals surface area contributed by atoms with Crippen molar-refractivity contribution in [1.29, 1.82) is 0 Å². The van der Waals surface area contributed by atoms with Gasteiger partial charge in [-0.15, -0.1) is 0 Å². The van der Waals surface area contributed by atoms with Crippen molar-refractivity contribution in [2.24, 2.45) is 5.73 Å². The second kappa shape index (κ2) is 6.15. The van der Waals surface area contributed by atoms with Gasteiger partial charge in [0.25, 0.3) is 0 Å². The van der Waals surface area contributed by atoms with Crippen molar-refractivity contribution in [3.8, 4) is 0 Å². The Morgan fingerprint density at radius 1 is 1.47 bits per heavy atom. The van der Waals surface area contributed by atoms with Gasteiger partial charge in [0, 0.05) is 19.7 Å². The van der Waals surface area contributed by atoms with Crippen LogP contribution in [-0.2, 0) is 0 Å². The molecule has 6 heteroatoms. The average Bonchev–Trinajstić information content (AvgIpc) is 2.29. The van der Waals surface area contributed by atoms with E-state index in [0.717, 1.165) is 12.1 Å². The van der Waals surface area contributed by atoms with Crippen LogP contribution in [0.25, 0.3) is 0 Å². The number of rotatable bonds is 4. The Kier molecular flexibility index (Phi) is 4.84. The first-order valence-corrected chi connectivity index (χ1v) is 5.22. The molecule has 1 rings (SSSR count). The molecule has 2 amide bonds. The van der Waals surface area contributed by atoms with Crippen LogP contribution in [0.4, 0.5) is 19.3 Å². The first-order valence-electron chi connectivity index (χ1n) is 5.22. The number of nitrogens with two attached hydrogens (primary N) is 1. The molecule has 0 saturated carbocycles. The molecule has 0 radical (unpaired) electrons. The quantitative estimate of drug-likeness (QED) is 0.846. The minimum Gasteiger partial charge on any atom is -0.330 e. The van der Waals surface area contributed by atoms with E-state index < -0.39 is 17.7 Å². The van der Waals surface area contributed by atoms with Crippen molar-refractivity contribution in [3.05, 3.63) is 29.8 Å². The standard InChI is InChI=1S/C11H15F2N3O/c1-16(6-2-5-14)11(17)15-10-4-3-8(12)7-9(10)13/h3-4,7H,2,5-6,14H2,1H3,(H,15,17). The van der Waals surface area contributed by atoms with Crippen molar-refractivity contribution in [2.75, 3.05) is 25.5 Å². The molecule has 94 valence electrons. The van der Waals surface area contributed by atoms with E-state index in [4.69, 9.17) is 5.73 Å². The minimum absolute atomic E-state index is 0.0454. The molecule has 0 spiro atoms. The summed E-state index contributed by atoms with van der Waals surface area (Å²) in [6, 6.07) is 2.52. The molecule has 0 saturated heterocycles. The third-order valence-corrected chi connectivity index (χ3v) is 2.22. The van der Waals surface area contributed by atoms with E-state index in [1.807, 2.05) is 0 Å². The monoisotopic (exact) mass is 243 g/mol. The summed E-state index contributed by atoms with van der Waals surface area (Å²) in [7, 11) is 1.58. The Bertz CT molecular complexity index is 398. The smallest absolute Gasteiger partial charge is 0.321 e. The number of carbonyl (C=O) groups is 1. The molecule has 0 heterocycles. The van der Waals surface area contributed by atoms with E-state index in [0.29, 0.717) is 19.5 Å². The van der Waals surface area contributed by atoms with Gasteiger partial charge in [-0.3, -0.25) is 0 Å². The molecule has 0 aliphatic rings. The normalized spacial score (nSPS) is 10.1. The van der Waals surface area contributed by atoms with Gasteiger partial charge < -0.3 is 16.0 Å². The van der Waals surface area contributed by atoms with E-state index >= 15 is 0 Å². The Hall–Kier alpha value is -1.69. The van der Waals surface area contributed by atoms with Crippen LogP contribution in [0.1, 0.15) is 6.42 Å². The third-order valence-electron chi connectivity index (χ3n) is 2.22. The number of nitrogens with one attached hydrogen (secondary N) is 1. The predicted octanol–water partition coefficient (Wildman–Crippen LogP) is 1.78. The summed E-state index contributed by atoms with van der Waals surface area (Å²) in [6.45, 7) is 0.952. The van der Waals surface area contributed by atoms with E-state index in [-0.39, 0.29) is 5.69 Å². The third kappa shape index (κ3) is 3.99. The topological polar surface area (TPSA) is 58.4 Å². The van der Waals surface area contributed by atoms with Crippen LogP contribution in [0.15, 0.2) is 18.2 Å². The molecule has 0 aromatic heterocycles. The van der Waals surface area contributed by atoms with Gasteiger partial charge in [0.05, 0.1) is 5.69 Å². The number of amides is 2. The molecule has 4 nitrogen and oxygen atoms in total. The van der Waals surface area contributed by atoms with Gasteiger partial charge in [0.2, 0.25) is 0 Å². The lowest BCUT2D eigenvalue weighted by atomic mass is 10.3. The van der Waals surface area contributed by atoms with Gasteiger partial charge in [-0.2, -0.15) is 0 Å². The molecular weight excluding hydrogens is 228 g/mol. The van der Waals surface area contributed by atoms with Gasteiger partial charge in [0.1, 0.15) is 11.6 Å². The summed E-state index contributed by atoms with van der Waals surface area (Å²) >= 11 is 0. The summed E-state index contributed by atoms with van der Waals surface area (Å²) in [4.78, 5) is 13.0. The number of urea groups is 1. The second-order valence-electron chi connectivity index (χ2n) is 3.62. The number of hydrogen-bond acceptors (Lipinski definition) is 2. The molecule has 0 atom stereocenters. The van der Waals surface area contributed by atoms with Gasteiger partial charge in [0.15, 0.2) is 0 Å². The van der Waals surface area contributed by atoms with Crippen molar-refractivity contribution in [2.45, 2.75) is 6.42 Å². The van der Waals surface area contributed by atoms with Crippen molar-refractivity contribution in [3.63, 3.8) is 0 Å². The fourth-order valence-electron chi connectivity index (χ4n) is 1.23. The zero-order chi connectivity index (χ0) is 12.8. The highest BCUT2D eigenvalue weighted by molar-refractivity contribution is 5.89. The first kappa shape index (κ1) is 13.4. The fraction of sp³-hybridized carbons (Fsp3) is 0.364. The number of nitrogens with zero attached hydrogens (tertiary/aromatic N) is 1. The molecule has 3 N–H and O–H groups in total. The van der Waals surface area contributed by atoms with Crippen molar-refractivity contribution < 1.29 is 13.6 Å². The van der Waals surface area contributed by atoms with Crippen LogP contribution in [0.5, 0.6) is 0 Å². The van der Waals surface area contributed by atoms with Gasteiger partial charge >= 0.3 is 6.03 Å². The molecule has 0 fully saturated rings. The maximum Gasteiger partial charge on any atom is 0.321 e. The van der Waals surface area contributed by atoms with Crippen LogP contribution in [0, 0.1) is 11.6 Å². The van der Waals surface area contributed by atoms with Gasteiger partial charge in [-0.05, 0) is 25.1 Å². The second-order valence-corrected chi connectivity index (χ2v) is 3.62. The van der Waals surface area contributed by atoms with E-state index in [2.05, 4.69) is 5.32 Å². The average molecular weight is 243 g/mol. The Morgan fingerprint density at radius 3 is 2.76 bits per heavy atom. The highest BCUT2D eigenvalue weighted by atomic mass is 19.1. The van der Waals surface area contributed by atoms with E-state index in [1.165, 1.54) is 11.0 Å². The predicted molar refractivity (Wildman–Crippen MR) is 61.7 cm³/mol. The summed E-state index contributed by atoms with van der Waals surface area (Å²) in [5.74, 6) is -1.48. The largest absolute Gasteiger partial charge is 0.330 e. The molecule has 1 aromatic rings. The molecule has 0 unspecified atom stereocenters. The molecule has 0 bridgehead atoms. The van der Waals surface area contributed by atoms with Gasteiger partial charge in [-0.25, -0.2) is 13.6 Å². The van der Waals surface area contributed by atoms with Crippen molar-refractivity contribution >= 4 is 11.7 Å². The summed E-state index contributed by atoms with van der Waals surface area (Å²) in [6.07, 6.45) is 0.663. The number of hydrogen-bond donors (Lipinski definition) is 2. The lowest BCUT2D eigenvalue weighted by Gasteiger charge is -2.17. The van der Waals surface area contributed by atoms with Crippen LogP contribution >= 0.6 is 0 Å². The van der Waals surface area contributed by atoms with Gasteiger partial charge in [-0.1, -0.05) is 0 Å². The van der Waals surface area contributed by atoms with Crippen molar-refractivity contribution in [1.82, 2.24) is 4.90 Å². The molecule has 0 aliphatic heterocycles. The molecular formula is C11H15F2N3O. The van der Waals surface area contributed by atoms with E-state index in [1.54, 1.807) is 7.05 Å². The van der Waals surface area contributed by atoms with Crippen LogP contribution in [0.2, 0.25) is 0 Å². The lowest BCUT2D eigenvalue weighted by molar-refractivity contribution is 0.222. The number of anilines is 1.